The minimum Gasteiger partial charge on any atom is -0.312 e. The van der Waals surface area contributed by atoms with Crippen molar-refractivity contribution >= 4 is 0 Å². The third-order valence-electron chi connectivity index (χ3n) is 4.66. The molecule has 2 nitrogen and oxygen atoms in total. The Labute approximate surface area is 123 Å². The van der Waals surface area contributed by atoms with E-state index in [-0.39, 0.29) is 18.9 Å². The SMILES string of the molecule is FC(F)(F)C1(N2CCCNC(Cc3ccccc3)C2)CC1. The molecule has 1 saturated heterocycles. The van der Waals surface area contributed by atoms with Gasteiger partial charge in [-0.25, -0.2) is 0 Å². The molecule has 0 bridgehead atoms. The number of benzene rings is 1. The van der Waals surface area contributed by atoms with E-state index >= 15 is 0 Å². The third kappa shape index (κ3) is 3.09. The molecule has 1 aliphatic carbocycles. The van der Waals surface area contributed by atoms with E-state index < -0.39 is 11.7 Å². The molecule has 0 aromatic heterocycles. The second kappa shape index (κ2) is 5.61. The van der Waals surface area contributed by atoms with Crippen LogP contribution in [-0.2, 0) is 6.42 Å². The molecule has 1 aromatic rings. The molecule has 21 heavy (non-hydrogen) atoms. The molecule has 5 heteroatoms. The van der Waals surface area contributed by atoms with E-state index in [1.54, 1.807) is 4.90 Å². The first-order valence-electron chi connectivity index (χ1n) is 7.60. The zero-order valence-electron chi connectivity index (χ0n) is 12.0. The maximum Gasteiger partial charge on any atom is 0.406 e. The summed E-state index contributed by atoms with van der Waals surface area (Å²) in [6, 6.07) is 10.1. The molecule has 1 heterocycles. The number of nitrogens with zero attached hydrogens (tertiary/aromatic N) is 1. The number of hydrogen-bond acceptors (Lipinski definition) is 2. The summed E-state index contributed by atoms with van der Waals surface area (Å²) < 4.78 is 39.9. The van der Waals surface area contributed by atoms with Crippen molar-refractivity contribution in [3.8, 4) is 0 Å². The molecule has 1 atom stereocenters. The Bertz CT molecular complexity index is 468. The van der Waals surface area contributed by atoms with E-state index in [4.69, 9.17) is 0 Å². The molecule has 2 fully saturated rings. The molecular weight excluding hydrogens is 277 g/mol. The van der Waals surface area contributed by atoms with Gasteiger partial charge in [-0.15, -0.1) is 0 Å². The molecule has 1 N–H and O–H groups in total. The molecule has 0 spiro atoms. The van der Waals surface area contributed by atoms with E-state index in [0.717, 1.165) is 19.4 Å². The quantitative estimate of drug-likeness (QED) is 0.923. The summed E-state index contributed by atoms with van der Waals surface area (Å²) in [5.41, 5.74) is -0.359. The molecule has 1 saturated carbocycles. The van der Waals surface area contributed by atoms with Crippen molar-refractivity contribution in [1.29, 1.82) is 0 Å². The van der Waals surface area contributed by atoms with Crippen LogP contribution >= 0.6 is 0 Å². The molecular formula is C16H21F3N2. The highest BCUT2D eigenvalue weighted by Gasteiger charge is 2.66. The van der Waals surface area contributed by atoms with Gasteiger partial charge in [-0.05, 0) is 37.8 Å². The van der Waals surface area contributed by atoms with Gasteiger partial charge in [0.2, 0.25) is 0 Å². The van der Waals surface area contributed by atoms with Gasteiger partial charge >= 0.3 is 6.18 Å². The first-order valence-corrected chi connectivity index (χ1v) is 7.60. The standard InChI is InChI=1S/C16H21F3N2/c17-16(18,19)15(7-8-15)21-10-4-9-20-14(12-21)11-13-5-2-1-3-6-13/h1-3,5-6,14,20H,4,7-12H2. The van der Waals surface area contributed by atoms with Crippen molar-refractivity contribution in [1.82, 2.24) is 10.2 Å². The Hall–Kier alpha value is -1.07. The van der Waals surface area contributed by atoms with Crippen LogP contribution in [0.3, 0.4) is 0 Å². The predicted molar refractivity (Wildman–Crippen MR) is 76.1 cm³/mol. The van der Waals surface area contributed by atoms with Gasteiger partial charge in [-0.1, -0.05) is 30.3 Å². The summed E-state index contributed by atoms with van der Waals surface area (Å²) in [5.74, 6) is 0. The summed E-state index contributed by atoms with van der Waals surface area (Å²) in [5, 5.41) is 3.40. The topological polar surface area (TPSA) is 15.3 Å². The maximum absolute atomic E-state index is 13.3. The summed E-state index contributed by atoms with van der Waals surface area (Å²) >= 11 is 0. The van der Waals surface area contributed by atoms with Crippen LogP contribution in [0.25, 0.3) is 0 Å². The smallest absolute Gasteiger partial charge is 0.312 e. The van der Waals surface area contributed by atoms with Crippen molar-refractivity contribution in [2.45, 2.75) is 43.4 Å². The lowest BCUT2D eigenvalue weighted by Crippen LogP contribution is -2.51. The summed E-state index contributed by atoms with van der Waals surface area (Å²) in [4.78, 5) is 1.68. The normalized spacial score (nSPS) is 26.3. The van der Waals surface area contributed by atoms with Crippen LogP contribution in [0.4, 0.5) is 13.2 Å². The Balaban J connectivity index is 1.70. The average Bonchev–Trinajstić information content (AvgIpc) is 3.23. The van der Waals surface area contributed by atoms with E-state index in [0.29, 0.717) is 13.1 Å². The van der Waals surface area contributed by atoms with Crippen molar-refractivity contribution in [3.63, 3.8) is 0 Å². The monoisotopic (exact) mass is 298 g/mol. The van der Waals surface area contributed by atoms with Gasteiger partial charge in [0, 0.05) is 19.1 Å². The fourth-order valence-electron chi connectivity index (χ4n) is 3.32. The van der Waals surface area contributed by atoms with E-state index in [1.807, 2.05) is 30.3 Å². The lowest BCUT2D eigenvalue weighted by atomic mass is 10.0. The Morgan fingerprint density at radius 3 is 2.52 bits per heavy atom. The lowest BCUT2D eigenvalue weighted by molar-refractivity contribution is -0.196. The van der Waals surface area contributed by atoms with Crippen LogP contribution in [0.2, 0.25) is 0 Å². The van der Waals surface area contributed by atoms with Gasteiger partial charge in [0.25, 0.3) is 0 Å². The van der Waals surface area contributed by atoms with Crippen LogP contribution < -0.4 is 5.32 Å². The summed E-state index contributed by atoms with van der Waals surface area (Å²) in [6.45, 7) is 1.81. The molecule has 1 aromatic carbocycles. The second-order valence-electron chi connectivity index (χ2n) is 6.17. The van der Waals surface area contributed by atoms with Crippen LogP contribution in [-0.4, -0.2) is 42.3 Å². The van der Waals surface area contributed by atoms with E-state index in [9.17, 15) is 13.2 Å². The predicted octanol–water partition coefficient (Wildman–Crippen LogP) is 2.99. The summed E-state index contributed by atoms with van der Waals surface area (Å²) in [6.07, 6.45) is -2.02. The van der Waals surface area contributed by atoms with Gasteiger partial charge < -0.3 is 5.32 Å². The van der Waals surface area contributed by atoms with Crippen LogP contribution in [0.5, 0.6) is 0 Å². The molecule has 116 valence electrons. The number of alkyl halides is 3. The number of rotatable bonds is 3. The Morgan fingerprint density at radius 1 is 1.19 bits per heavy atom. The maximum atomic E-state index is 13.3. The average molecular weight is 298 g/mol. The molecule has 0 radical (unpaired) electrons. The van der Waals surface area contributed by atoms with Gasteiger partial charge in [-0.2, -0.15) is 13.2 Å². The van der Waals surface area contributed by atoms with Crippen molar-refractivity contribution in [3.05, 3.63) is 35.9 Å². The molecule has 3 rings (SSSR count). The first kappa shape index (κ1) is 14.9. The fourth-order valence-corrected chi connectivity index (χ4v) is 3.32. The van der Waals surface area contributed by atoms with Crippen molar-refractivity contribution in [2.75, 3.05) is 19.6 Å². The minimum absolute atomic E-state index is 0.0923. The third-order valence-corrected chi connectivity index (χ3v) is 4.66. The number of halogens is 3. The Kier molecular flexibility index (Phi) is 3.97. The minimum atomic E-state index is -4.10. The Morgan fingerprint density at radius 2 is 1.90 bits per heavy atom. The largest absolute Gasteiger partial charge is 0.406 e. The number of hydrogen-bond donors (Lipinski definition) is 1. The zero-order valence-corrected chi connectivity index (χ0v) is 12.0. The zero-order chi connectivity index (χ0) is 14.9. The van der Waals surface area contributed by atoms with Crippen molar-refractivity contribution in [2.24, 2.45) is 0 Å². The fraction of sp³-hybridized carbons (Fsp3) is 0.625. The highest BCUT2D eigenvalue weighted by atomic mass is 19.4. The van der Waals surface area contributed by atoms with E-state index in [2.05, 4.69) is 5.32 Å². The molecule has 0 amide bonds. The molecule has 1 aliphatic heterocycles. The van der Waals surface area contributed by atoms with Crippen LogP contribution in [0.1, 0.15) is 24.8 Å². The van der Waals surface area contributed by atoms with Gasteiger partial charge in [0.15, 0.2) is 0 Å². The second-order valence-corrected chi connectivity index (χ2v) is 6.17. The number of nitrogens with one attached hydrogen (secondary N) is 1. The molecule has 2 aliphatic rings. The highest BCUT2D eigenvalue weighted by Crippen LogP contribution is 2.53. The van der Waals surface area contributed by atoms with E-state index in [1.165, 1.54) is 5.56 Å². The van der Waals surface area contributed by atoms with Gasteiger partial charge in [0.1, 0.15) is 5.54 Å². The molecule has 1 unspecified atom stereocenters. The van der Waals surface area contributed by atoms with Crippen LogP contribution in [0, 0.1) is 0 Å². The van der Waals surface area contributed by atoms with Crippen molar-refractivity contribution < 1.29 is 13.2 Å². The lowest BCUT2D eigenvalue weighted by Gasteiger charge is -2.34. The first-order chi connectivity index (χ1) is 10.0. The van der Waals surface area contributed by atoms with Crippen LogP contribution in [0.15, 0.2) is 30.3 Å². The van der Waals surface area contributed by atoms with Gasteiger partial charge in [0.05, 0.1) is 0 Å². The highest BCUT2D eigenvalue weighted by molar-refractivity contribution is 5.17. The summed E-state index contributed by atoms with van der Waals surface area (Å²) in [7, 11) is 0. The van der Waals surface area contributed by atoms with Gasteiger partial charge in [-0.3, -0.25) is 4.90 Å².